The van der Waals surface area contributed by atoms with E-state index in [1.807, 2.05) is 74.8 Å². The van der Waals surface area contributed by atoms with E-state index < -0.39 is 0 Å². The normalized spacial score (nSPS) is 10.9. The molecule has 7 nitrogen and oxygen atoms in total. The topological polar surface area (TPSA) is 82.2 Å². The molecule has 0 saturated carbocycles. The zero-order valence-electron chi connectivity index (χ0n) is 18.7. The smallest absolute Gasteiger partial charge is 0.251 e. The molecule has 4 aromatic rings. The first-order chi connectivity index (χ1) is 15.4. The highest BCUT2D eigenvalue weighted by Crippen LogP contribution is 2.20. The Labute approximate surface area is 187 Å². The predicted molar refractivity (Wildman–Crippen MR) is 121 cm³/mol. The highest BCUT2D eigenvalue weighted by Gasteiger charge is 2.15. The van der Waals surface area contributed by atoms with Crippen molar-refractivity contribution in [3.05, 3.63) is 94.1 Å². The van der Waals surface area contributed by atoms with Crippen LogP contribution in [0.3, 0.4) is 0 Å². The molecule has 0 aliphatic carbocycles. The number of carbonyl (C=O) groups excluding carboxylic acids is 1. The first-order valence-electron chi connectivity index (χ1n) is 10.5. The van der Waals surface area contributed by atoms with Crippen LogP contribution in [0.5, 0.6) is 5.75 Å². The van der Waals surface area contributed by atoms with Gasteiger partial charge in [-0.2, -0.15) is 5.10 Å². The molecule has 1 N–H and O–H groups in total. The number of hydrogen-bond donors (Lipinski definition) is 1. The van der Waals surface area contributed by atoms with Crippen molar-refractivity contribution < 1.29 is 14.1 Å². The van der Waals surface area contributed by atoms with E-state index >= 15 is 0 Å². The Morgan fingerprint density at radius 3 is 2.50 bits per heavy atom. The molecule has 1 amide bonds. The van der Waals surface area contributed by atoms with Gasteiger partial charge in [-0.05, 0) is 58.0 Å². The summed E-state index contributed by atoms with van der Waals surface area (Å²) in [6.45, 7) is 8.43. The van der Waals surface area contributed by atoms with Crippen molar-refractivity contribution >= 4 is 5.91 Å². The molecule has 4 rings (SSSR count). The van der Waals surface area contributed by atoms with Crippen molar-refractivity contribution in [2.75, 3.05) is 0 Å². The van der Waals surface area contributed by atoms with Crippen LogP contribution in [0.15, 0.2) is 59.1 Å². The Hall–Kier alpha value is -3.87. The Bertz CT molecular complexity index is 1220. The molecule has 0 radical (unpaired) electrons. The number of carbonyl (C=O) groups is 1. The molecule has 2 aromatic carbocycles. The van der Waals surface area contributed by atoms with Crippen LogP contribution in [0.4, 0.5) is 0 Å². The molecular formula is C25H26N4O3. The summed E-state index contributed by atoms with van der Waals surface area (Å²) in [4.78, 5) is 12.8. The van der Waals surface area contributed by atoms with Crippen molar-refractivity contribution in [2.45, 2.75) is 40.8 Å². The van der Waals surface area contributed by atoms with Gasteiger partial charge in [-0.15, -0.1) is 0 Å². The summed E-state index contributed by atoms with van der Waals surface area (Å²) in [5, 5.41) is 11.6. The largest absolute Gasteiger partial charge is 0.489 e. The highest BCUT2D eigenvalue weighted by atomic mass is 16.5. The van der Waals surface area contributed by atoms with Gasteiger partial charge < -0.3 is 14.6 Å². The number of amides is 1. The van der Waals surface area contributed by atoms with Gasteiger partial charge in [0.1, 0.15) is 18.1 Å². The van der Waals surface area contributed by atoms with Crippen molar-refractivity contribution in [3.8, 4) is 11.4 Å². The summed E-state index contributed by atoms with van der Waals surface area (Å²) in [7, 11) is 0. The van der Waals surface area contributed by atoms with Gasteiger partial charge in [-0.1, -0.05) is 29.4 Å². The van der Waals surface area contributed by atoms with Crippen LogP contribution in [0.1, 0.15) is 44.3 Å². The van der Waals surface area contributed by atoms with Gasteiger partial charge in [0.2, 0.25) is 0 Å². The number of hydrogen-bond acceptors (Lipinski definition) is 5. The summed E-state index contributed by atoms with van der Waals surface area (Å²) in [5.41, 5.74) is 6.15. The van der Waals surface area contributed by atoms with Crippen molar-refractivity contribution in [3.63, 3.8) is 0 Å². The van der Waals surface area contributed by atoms with Crippen LogP contribution in [-0.4, -0.2) is 20.8 Å². The van der Waals surface area contributed by atoms with E-state index in [0.29, 0.717) is 24.5 Å². The third kappa shape index (κ3) is 4.42. The number of aromatic nitrogens is 3. The minimum absolute atomic E-state index is 0.168. The van der Waals surface area contributed by atoms with Gasteiger partial charge in [-0.3, -0.25) is 4.79 Å². The van der Waals surface area contributed by atoms with E-state index in [2.05, 4.69) is 15.6 Å². The standard InChI is InChI=1S/C25H26N4O3/c1-16-23(18(3)29(27-16)21-10-6-5-7-11-21)14-26-25(30)20-9-8-12-22(13-20)31-15-24-17(2)28-32-19(24)4/h5-13H,14-15H2,1-4H3,(H,26,30). The average molecular weight is 431 g/mol. The molecule has 0 saturated heterocycles. The molecule has 0 atom stereocenters. The molecular weight excluding hydrogens is 404 g/mol. The molecule has 0 aliphatic heterocycles. The number of para-hydroxylation sites is 1. The van der Waals surface area contributed by atoms with Crippen LogP contribution < -0.4 is 10.1 Å². The second-order valence-corrected chi connectivity index (χ2v) is 7.70. The van der Waals surface area contributed by atoms with Gasteiger partial charge in [0.25, 0.3) is 5.91 Å². The lowest BCUT2D eigenvalue weighted by Crippen LogP contribution is -2.23. The van der Waals surface area contributed by atoms with E-state index in [1.54, 1.807) is 12.1 Å². The lowest BCUT2D eigenvalue weighted by atomic mass is 10.1. The summed E-state index contributed by atoms with van der Waals surface area (Å²) in [6, 6.07) is 17.1. The summed E-state index contributed by atoms with van der Waals surface area (Å²) in [6.07, 6.45) is 0. The number of nitrogens with one attached hydrogen (secondary N) is 1. The van der Waals surface area contributed by atoms with E-state index in [0.717, 1.165) is 39.7 Å². The minimum Gasteiger partial charge on any atom is -0.489 e. The van der Waals surface area contributed by atoms with Crippen LogP contribution in [0, 0.1) is 27.7 Å². The quantitative estimate of drug-likeness (QED) is 0.463. The van der Waals surface area contributed by atoms with E-state index in [1.165, 1.54) is 0 Å². The fourth-order valence-corrected chi connectivity index (χ4v) is 3.61. The van der Waals surface area contributed by atoms with Gasteiger partial charge >= 0.3 is 0 Å². The minimum atomic E-state index is -0.168. The highest BCUT2D eigenvalue weighted by molar-refractivity contribution is 5.94. The first kappa shape index (κ1) is 21.4. The number of benzene rings is 2. The summed E-state index contributed by atoms with van der Waals surface area (Å²) in [5.74, 6) is 1.18. The van der Waals surface area contributed by atoms with E-state index in [4.69, 9.17) is 9.26 Å². The number of ether oxygens (including phenoxy) is 1. The number of nitrogens with zero attached hydrogens (tertiary/aromatic N) is 3. The van der Waals surface area contributed by atoms with Gasteiger partial charge in [0.05, 0.1) is 22.6 Å². The zero-order chi connectivity index (χ0) is 22.7. The van der Waals surface area contributed by atoms with Crippen LogP contribution in [-0.2, 0) is 13.2 Å². The molecule has 0 unspecified atom stereocenters. The molecule has 0 fully saturated rings. The van der Waals surface area contributed by atoms with Crippen LogP contribution in [0.25, 0.3) is 5.69 Å². The molecule has 2 aromatic heterocycles. The zero-order valence-corrected chi connectivity index (χ0v) is 18.7. The second kappa shape index (κ2) is 9.09. The Balaban J connectivity index is 1.43. The maximum absolute atomic E-state index is 12.8. The van der Waals surface area contributed by atoms with Crippen molar-refractivity contribution in [1.82, 2.24) is 20.3 Å². The van der Waals surface area contributed by atoms with E-state index in [9.17, 15) is 4.79 Å². The lowest BCUT2D eigenvalue weighted by Gasteiger charge is -2.09. The Morgan fingerprint density at radius 1 is 1.00 bits per heavy atom. The third-order valence-corrected chi connectivity index (χ3v) is 5.53. The maximum Gasteiger partial charge on any atom is 0.251 e. The first-order valence-corrected chi connectivity index (χ1v) is 10.5. The van der Waals surface area contributed by atoms with Crippen LogP contribution in [0.2, 0.25) is 0 Å². The van der Waals surface area contributed by atoms with Gasteiger partial charge in [0, 0.05) is 23.4 Å². The van der Waals surface area contributed by atoms with E-state index in [-0.39, 0.29) is 5.91 Å². The van der Waals surface area contributed by atoms with Gasteiger partial charge in [-0.25, -0.2) is 4.68 Å². The van der Waals surface area contributed by atoms with Crippen molar-refractivity contribution in [1.29, 1.82) is 0 Å². The maximum atomic E-state index is 12.8. The fourth-order valence-electron chi connectivity index (χ4n) is 3.61. The molecule has 32 heavy (non-hydrogen) atoms. The number of rotatable bonds is 7. The summed E-state index contributed by atoms with van der Waals surface area (Å²) >= 11 is 0. The van der Waals surface area contributed by atoms with Crippen molar-refractivity contribution in [2.24, 2.45) is 0 Å². The molecule has 2 heterocycles. The Kier molecular flexibility index (Phi) is 6.07. The predicted octanol–water partition coefficient (Wildman–Crippen LogP) is 4.60. The SMILES string of the molecule is Cc1noc(C)c1COc1cccc(C(=O)NCc2c(C)nn(-c3ccccc3)c2C)c1. The third-order valence-electron chi connectivity index (χ3n) is 5.53. The molecule has 164 valence electrons. The molecule has 0 bridgehead atoms. The molecule has 7 heteroatoms. The van der Waals surface area contributed by atoms with Gasteiger partial charge in [0.15, 0.2) is 0 Å². The monoisotopic (exact) mass is 430 g/mol. The molecule has 0 spiro atoms. The second-order valence-electron chi connectivity index (χ2n) is 7.70. The molecule has 0 aliphatic rings. The Morgan fingerprint density at radius 2 is 1.78 bits per heavy atom. The summed E-state index contributed by atoms with van der Waals surface area (Å²) < 4.78 is 12.9. The fraction of sp³-hybridized carbons (Fsp3) is 0.240. The number of aryl methyl sites for hydroxylation is 3. The average Bonchev–Trinajstić information content (AvgIpc) is 3.28. The van der Waals surface area contributed by atoms with Crippen LogP contribution >= 0.6 is 0 Å². The lowest BCUT2D eigenvalue weighted by molar-refractivity contribution is 0.0950.